The van der Waals surface area contributed by atoms with E-state index in [2.05, 4.69) is 5.32 Å². The van der Waals surface area contributed by atoms with Crippen LogP contribution in [-0.4, -0.2) is 12.2 Å². The van der Waals surface area contributed by atoms with Crippen LogP contribution in [0, 0.1) is 0 Å². The molecule has 0 fully saturated rings. The Bertz CT molecular complexity index is 345. The van der Waals surface area contributed by atoms with Gasteiger partial charge in [0.1, 0.15) is 0 Å². The normalized spacial score (nSPS) is 12.3. The minimum absolute atomic E-state index is 0.00309. The van der Waals surface area contributed by atoms with Gasteiger partial charge in [-0.3, -0.25) is 5.32 Å². The molecule has 0 saturated carbocycles. The standard InChI is InChI=1S/C12H18N2O2/c1-8(2)16-12(15)14-11-6-4-10(5-7-11)9(3)13/h4-9H,13H2,1-3H3,(H,14,15). The van der Waals surface area contributed by atoms with Gasteiger partial charge in [-0.05, 0) is 38.5 Å². The molecule has 3 N–H and O–H groups in total. The zero-order valence-electron chi connectivity index (χ0n) is 9.86. The van der Waals surface area contributed by atoms with Crippen LogP contribution in [0.4, 0.5) is 10.5 Å². The summed E-state index contributed by atoms with van der Waals surface area (Å²) in [6.07, 6.45) is -0.563. The molecule has 1 unspecified atom stereocenters. The zero-order chi connectivity index (χ0) is 12.1. The van der Waals surface area contributed by atoms with Crippen molar-refractivity contribution in [2.75, 3.05) is 5.32 Å². The van der Waals surface area contributed by atoms with Crippen LogP contribution >= 0.6 is 0 Å². The molecular weight excluding hydrogens is 204 g/mol. The van der Waals surface area contributed by atoms with Gasteiger partial charge in [-0.15, -0.1) is 0 Å². The Morgan fingerprint density at radius 1 is 1.25 bits per heavy atom. The SMILES string of the molecule is CC(C)OC(=O)Nc1ccc(C(C)N)cc1. The second-order valence-corrected chi connectivity index (χ2v) is 3.99. The lowest BCUT2D eigenvalue weighted by molar-refractivity contribution is 0.130. The van der Waals surface area contributed by atoms with E-state index in [1.165, 1.54) is 0 Å². The summed E-state index contributed by atoms with van der Waals surface area (Å²) in [4.78, 5) is 11.3. The summed E-state index contributed by atoms with van der Waals surface area (Å²) in [7, 11) is 0. The number of hydrogen-bond acceptors (Lipinski definition) is 3. The lowest BCUT2D eigenvalue weighted by Crippen LogP contribution is -2.18. The highest BCUT2D eigenvalue weighted by Crippen LogP contribution is 2.14. The smallest absolute Gasteiger partial charge is 0.411 e. The number of benzene rings is 1. The third-order valence-electron chi connectivity index (χ3n) is 2.03. The van der Waals surface area contributed by atoms with Crippen molar-refractivity contribution in [1.82, 2.24) is 0 Å². The minimum atomic E-state index is -0.441. The monoisotopic (exact) mass is 222 g/mol. The molecule has 0 heterocycles. The third-order valence-corrected chi connectivity index (χ3v) is 2.03. The molecule has 0 radical (unpaired) electrons. The Morgan fingerprint density at radius 3 is 2.25 bits per heavy atom. The van der Waals surface area contributed by atoms with Crippen LogP contribution in [0.5, 0.6) is 0 Å². The van der Waals surface area contributed by atoms with Crippen molar-refractivity contribution in [3.05, 3.63) is 29.8 Å². The van der Waals surface area contributed by atoms with Crippen molar-refractivity contribution >= 4 is 11.8 Å². The lowest BCUT2D eigenvalue weighted by Gasteiger charge is -2.10. The summed E-state index contributed by atoms with van der Waals surface area (Å²) in [5.74, 6) is 0. The fraction of sp³-hybridized carbons (Fsp3) is 0.417. The maximum Gasteiger partial charge on any atom is 0.411 e. The highest BCUT2D eigenvalue weighted by atomic mass is 16.6. The van der Waals surface area contributed by atoms with Gasteiger partial charge in [-0.1, -0.05) is 12.1 Å². The molecule has 0 spiro atoms. The van der Waals surface area contributed by atoms with Gasteiger partial charge in [0.15, 0.2) is 0 Å². The number of amides is 1. The van der Waals surface area contributed by atoms with Crippen molar-refractivity contribution in [2.24, 2.45) is 5.73 Å². The Morgan fingerprint density at radius 2 is 1.81 bits per heavy atom. The zero-order valence-corrected chi connectivity index (χ0v) is 9.86. The van der Waals surface area contributed by atoms with Gasteiger partial charge in [-0.25, -0.2) is 4.79 Å². The van der Waals surface area contributed by atoms with Crippen molar-refractivity contribution in [3.8, 4) is 0 Å². The number of ether oxygens (including phenoxy) is 1. The number of rotatable bonds is 3. The Hall–Kier alpha value is -1.55. The van der Waals surface area contributed by atoms with Gasteiger partial charge in [0.05, 0.1) is 6.10 Å². The van der Waals surface area contributed by atoms with Crippen LogP contribution in [0.15, 0.2) is 24.3 Å². The van der Waals surface area contributed by atoms with Crippen LogP contribution in [0.2, 0.25) is 0 Å². The largest absolute Gasteiger partial charge is 0.447 e. The van der Waals surface area contributed by atoms with Gasteiger partial charge < -0.3 is 10.5 Å². The molecule has 1 amide bonds. The van der Waals surface area contributed by atoms with E-state index in [0.717, 1.165) is 5.56 Å². The van der Waals surface area contributed by atoms with Gasteiger partial charge in [0.25, 0.3) is 0 Å². The fourth-order valence-electron chi connectivity index (χ4n) is 1.23. The third kappa shape index (κ3) is 3.90. The van der Waals surface area contributed by atoms with Crippen LogP contribution in [-0.2, 0) is 4.74 Å². The van der Waals surface area contributed by atoms with Gasteiger partial charge in [0, 0.05) is 11.7 Å². The first-order valence-corrected chi connectivity index (χ1v) is 5.32. The van der Waals surface area contributed by atoms with Gasteiger partial charge >= 0.3 is 6.09 Å². The molecule has 0 aliphatic carbocycles. The van der Waals surface area contributed by atoms with E-state index < -0.39 is 6.09 Å². The van der Waals surface area contributed by atoms with Crippen LogP contribution in [0.3, 0.4) is 0 Å². The van der Waals surface area contributed by atoms with E-state index in [1.807, 2.05) is 19.1 Å². The van der Waals surface area contributed by atoms with Crippen LogP contribution in [0.25, 0.3) is 0 Å². The average molecular weight is 222 g/mol. The van der Waals surface area contributed by atoms with E-state index in [4.69, 9.17) is 10.5 Å². The molecule has 0 aromatic heterocycles. The van der Waals surface area contributed by atoms with Crippen molar-refractivity contribution < 1.29 is 9.53 Å². The van der Waals surface area contributed by atoms with E-state index in [1.54, 1.807) is 26.0 Å². The molecule has 0 saturated heterocycles. The summed E-state index contributed by atoms with van der Waals surface area (Å²) in [5.41, 5.74) is 7.45. The summed E-state index contributed by atoms with van der Waals surface area (Å²) < 4.78 is 4.96. The van der Waals surface area contributed by atoms with Crippen molar-refractivity contribution in [2.45, 2.75) is 32.9 Å². The van der Waals surface area contributed by atoms with E-state index in [0.29, 0.717) is 5.69 Å². The van der Waals surface area contributed by atoms with Crippen LogP contribution in [0.1, 0.15) is 32.4 Å². The van der Waals surface area contributed by atoms with Gasteiger partial charge in [0.2, 0.25) is 0 Å². The van der Waals surface area contributed by atoms with Crippen molar-refractivity contribution in [3.63, 3.8) is 0 Å². The number of hydrogen-bond donors (Lipinski definition) is 2. The molecule has 0 aliphatic rings. The molecule has 4 nitrogen and oxygen atoms in total. The Kier molecular flexibility index (Phi) is 4.31. The molecule has 0 aliphatic heterocycles. The Balaban J connectivity index is 2.58. The van der Waals surface area contributed by atoms with Gasteiger partial charge in [-0.2, -0.15) is 0 Å². The molecule has 0 bridgehead atoms. The maximum atomic E-state index is 11.3. The molecule has 1 aromatic carbocycles. The predicted molar refractivity (Wildman–Crippen MR) is 64.3 cm³/mol. The second-order valence-electron chi connectivity index (χ2n) is 3.99. The fourth-order valence-corrected chi connectivity index (χ4v) is 1.23. The lowest BCUT2D eigenvalue weighted by atomic mass is 10.1. The first kappa shape index (κ1) is 12.5. The summed E-state index contributed by atoms with van der Waals surface area (Å²) in [5, 5.41) is 2.64. The molecule has 1 aromatic rings. The maximum absolute atomic E-state index is 11.3. The van der Waals surface area contributed by atoms with E-state index in [9.17, 15) is 4.79 Å². The highest BCUT2D eigenvalue weighted by Gasteiger charge is 2.05. The summed E-state index contributed by atoms with van der Waals surface area (Å²) >= 11 is 0. The molecule has 16 heavy (non-hydrogen) atoms. The first-order chi connectivity index (χ1) is 7.49. The van der Waals surface area contributed by atoms with Crippen molar-refractivity contribution in [1.29, 1.82) is 0 Å². The number of carbonyl (C=O) groups excluding carboxylic acids is 1. The first-order valence-electron chi connectivity index (χ1n) is 5.32. The summed E-state index contributed by atoms with van der Waals surface area (Å²) in [6.45, 7) is 5.52. The quantitative estimate of drug-likeness (QED) is 0.826. The second kappa shape index (κ2) is 5.51. The number of nitrogens with one attached hydrogen (secondary N) is 1. The summed E-state index contributed by atoms with van der Waals surface area (Å²) in [6, 6.07) is 7.38. The predicted octanol–water partition coefficient (Wildman–Crippen LogP) is 2.66. The Labute approximate surface area is 95.8 Å². The number of carbonyl (C=O) groups is 1. The highest BCUT2D eigenvalue weighted by molar-refractivity contribution is 5.84. The number of anilines is 1. The van der Waals surface area contributed by atoms with E-state index >= 15 is 0 Å². The molecule has 1 atom stereocenters. The molecular formula is C12H18N2O2. The molecule has 88 valence electrons. The molecule has 4 heteroatoms. The average Bonchev–Trinajstić information content (AvgIpc) is 2.16. The van der Waals surface area contributed by atoms with Crippen LogP contribution < -0.4 is 11.1 Å². The topological polar surface area (TPSA) is 64.3 Å². The minimum Gasteiger partial charge on any atom is -0.447 e. The molecule has 1 rings (SSSR count). The van der Waals surface area contributed by atoms with E-state index in [-0.39, 0.29) is 12.1 Å². The number of nitrogens with two attached hydrogens (primary N) is 1.